The molecule has 0 bridgehead atoms. The highest BCUT2D eigenvalue weighted by Crippen LogP contribution is 2.23. The van der Waals surface area contributed by atoms with E-state index < -0.39 is 29.0 Å². The number of rotatable bonds is 10. The van der Waals surface area contributed by atoms with E-state index >= 15 is 0 Å². The van der Waals surface area contributed by atoms with Crippen molar-refractivity contribution in [3.63, 3.8) is 0 Å². The summed E-state index contributed by atoms with van der Waals surface area (Å²) in [5, 5.41) is 0. The lowest BCUT2D eigenvalue weighted by atomic mass is 10.0. The van der Waals surface area contributed by atoms with Crippen LogP contribution in [0, 0.1) is 0 Å². The number of esters is 2. The highest BCUT2D eigenvalue weighted by atomic mass is 79.9. The maximum absolute atomic E-state index is 14.4. The third-order valence-corrected chi connectivity index (χ3v) is 6.66. The molecule has 0 aliphatic carbocycles. The van der Waals surface area contributed by atoms with E-state index in [9.17, 15) is 18.8 Å². The molecule has 38 heavy (non-hydrogen) atoms. The molecule has 0 aromatic heterocycles. The summed E-state index contributed by atoms with van der Waals surface area (Å²) in [5.41, 5.74) is 4.33. The molecule has 192 valence electrons. The number of benzene rings is 4. The van der Waals surface area contributed by atoms with E-state index in [1.165, 1.54) is 0 Å². The van der Waals surface area contributed by atoms with Gasteiger partial charge in [0.05, 0.1) is 16.0 Å². The Bertz CT molecular complexity index is 1360. The number of hydrogen-bond donors (Lipinski definition) is 0. The van der Waals surface area contributed by atoms with Crippen molar-refractivity contribution >= 4 is 34.2 Å². The molecule has 3 atom stereocenters. The molecule has 0 unspecified atom stereocenters. The second-order valence-electron chi connectivity index (χ2n) is 8.45. The van der Waals surface area contributed by atoms with Crippen molar-refractivity contribution < 1.29 is 28.2 Å². The van der Waals surface area contributed by atoms with Crippen LogP contribution in [0.2, 0.25) is 0 Å². The largest absolute Gasteiger partial charge is 0.461 e. The summed E-state index contributed by atoms with van der Waals surface area (Å²) in [5.74, 6) is -1.43. The van der Waals surface area contributed by atoms with Crippen molar-refractivity contribution in [2.24, 2.45) is 0 Å². The molecule has 0 saturated heterocycles. The van der Waals surface area contributed by atoms with Gasteiger partial charge in [-0.25, -0.2) is 14.0 Å². The van der Waals surface area contributed by atoms with Crippen molar-refractivity contribution in [1.29, 1.82) is 0 Å². The summed E-state index contributed by atoms with van der Waals surface area (Å²) in [6.07, 6.45) is -3.56. The second kappa shape index (κ2) is 12.9. The molecule has 5 nitrogen and oxygen atoms in total. The summed E-state index contributed by atoms with van der Waals surface area (Å²) in [6, 6.07) is 32.8. The fourth-order valence-corrected chi connectivity index (χ4v) is 4.33. The van der Waals surface area contributed by atoms with Crippen LogP contribution < -0.4 is 0 Å². The zero-order valence-electron chi connectivity index (χ0n) is 20.2. The fourth-order valence-electron chi connectivity index (χ4n) is 3.80. The topological polar surface area (TPSA) is 69.7 Å². The monoisotopic (exact) mass is 574 g/mol. The predicted octanol–water partition coefficient (Wildman–Crippen LogP) is 6.70. The Morgan fingerprint density at radius 2 is 1.11 bits per heavy atom. The number of carbonyl (C=O) groups excluding carboxylic acids is 3. The lowest BCUT2D eigenvalue weighted by Gasteiger charge is -2.23. The molecule has 0 N–H and O–H groups in total. The number of ether oxygens (including phenoxy) is 2. The lowest BCUT2D eigenvalue weighted by Crippen LogP contribution is -2.39. The standard InChI is InChI=1S/C31H24BrFO5/c32-27(20-37-30(35)25-15-11-23(12-16-25)21-7-3-1-4-8-21)29(28(33)19-34)38-31(36)26-17-13-24(14-18-26)22-9-5-2-6-10-22/h1-19,27-29H,20H2/t27-,28+,29+/m0/s1. The van der Waals surface area contributed by atoms with Gasteiger partial charge in [-0.15, -0.1) is 0 Å². The summed E-state index contributed by atoms with van der Waals surface area (Å²) in [6.45, 7) is -0.321. The Kier molecular flexibility index (Phi) is 9.16. The Balaban J connectivity index is 1.37. The van der Waals surface area contributed by atoms with Crippen molar-refractivity contribution in [1.82, 2.24) is 0 Å². The Morgan fingerprint density at radius 1 is 0.684 bits per heavy atom. The molecule has 0 aliphatic rings. The molecule has 4 aromatic rings. The van der Waals surface area contributed by atoms with E-state index in [0.29, 0.717) is 5.56 Å². The molecule has 0 aliphatic heterocycles. The maximum Gasteiger partial charge on any atom is 0.338 e. The smallest absolute Gasteiger partial charge is 0.338 e. The average molecular weight is 575 g/mol. The Labute approximate surface area is 228 Å². The molecular formula is C31H24BrFO5. The molecule has 0 radical (unpaired) electrons. The van der Waals surface area contributed by atoms with Crippen molar-refractivity contribution in [2.75, 3.05) is 6.61 Å². The molecule has 0 heterocycles. The highest BCUT2D eigenvalue weighted by molar-refractivity contribution is 9.09. The first-order valence-electron chi connectivity index (χ1n) is 11.9. The fraction of sp³-hybridized carbons (Fsp3) is 0.129. The van der Waals surface area contributed by atoms with Gasteiger partial charge in [-0.05, 0) is 46.5 Å². The third kappa shape index (κ3) is 6.81. The zero-order chi connectivity index (χ0) is 26.9. The number of alkyl halides is 2. The van der Waals surface area contributed by atoms with Gasteiger partial charge in [0.2, 0.25) is 0 Å². The quantitative estimate of drug-likeness (QED) is 0.120. The number of halogens is 2. The number of hydrogen-bond acceptors (Lipinski definition) is 5. The summed E-state index contributed by atoms with van der Waals surface area (Å²) in [4.78, 5) is 35.5. The number of aldehydes is 1. The van der Waals surface area contributed by atoms with Crippen LogP contribution in [0.25, 0.3) is 22.3 Å². The van der Waals surface area contributed by atoms with E-state index in [1.54, 1.807) is 48.5 Å². The van der Waals surface area contributed by atoms with Crippen LogP contribution in [0.15, 0.2) is 109 Å². The van der Waals surface area contributed by atoms with Gasteiger partial charge in [0, 0.05) is 0 Å². The molecule has 7 heteroatoms. The molecule has 0 spiro atoms. The van der Waals surface area contributed by atoms with Gasteiger partial charge >= 0.3 is 11.9 Å². The molecular weight excluding hydrogens is 551 g/mol. The van der Waals surface area contributed by atoms with Gasteiger partial charge < -0.3 is 9.47 Å². The average Bonchev–Trinajstić information content (AvgIpc) is 2.99. The first-order chi connectivity index (χ1) is 18.5. The van der Waals surface area contributed by atoms with Crippen LogP contribution in [0.1, 0.15) is 20.7 Å². The van der Waals surface area contributed by atoms with Crippen LogP contribution >= 0.6 is 15.9 Å². The SMILES string of the molecule is O=C[C@@H](F)[C@H](OC(=O)c1ccc(-c2ccccc2)cc1)[C@@H](Br)COC(=O)c1ccc(-c2ccccc2)cc1. The minimum Gasteiger partial charge on any atom is -0.461 e. The van der Waals surface area contributed by atoms with Crippen molar-refractivity contribution in [3.8, 4) is 22.3 Å². The minimum atomic E-state index is -2.12. The lowest BCUT2D eigenvalue weighted by molar-refractivity contribution is -0.115. The van der Waals surface area contributed by atoms with Crippen LogP contribution in [-0.2, 0) is 14.3 Å². The van der Waals surface area contributed by atoms with Gasteiger partial charge in [-0.1, -0.05) is 101 Å². The van der Waals surface area contributed by atoms with Crippen molar-refractivity contribution in [2.45, 2.75) is 17.1 Å². The van der Waals surface area contributed by atoms with Gasteiger partial charge in [0.25, 0.3) is 0 Å². The molecule has 0 fully saturated rings. The van der Waals surface area contributed by atoms with Crippen molar-refractivity contribution in [3.05, 3.63) is 120 Å². The zero-order valence-corrected chi connectivity index (χ0v) is 21.8. The van der Waals surface area contributed by atoms with E-state index in [4.69, 9.17) is 9.47 Å². The van der Waals surface area contributed by atoms with Crippen LogP contribution in [0.3, 0.4) is 0 Å². The van der Waals surface area contributed by atoms with Crippen LogP contribution in [0.4, 0.5) is 4.39 Å². The summed E-state index contributed by atoms with van der Waals surface area (Å²) >= 11 is 3.22. The maximum atomic E-state index is 14.4. The molecule has 0 amide bonds. The second-order valence-corrected chi connectivity index (χ2v) is 9.63. The minimum absolute atomic E-state index is 0.0504. The van der Waals surface area contributed by atoms with Gasteiger partial charge in [-0.3, -0.25) is 4.79 Å². The predicted molar refractivity (Wildman–Crippen MR) is 147 cm³/mol. The summed E-state index contributed by atoms with van der Waals surface area (Å²) < 4.78 is 25.1. The first-order valence-corrected chi connectivity index (χ1v) is 12.8. The first kappa shape index (κ1) is 26.9. The Hall–Kier alpha value is -4.10. The molecule has 0 saturated carbocycles. The summed E-state index contributed by atoms with van der Waals surface area (Å²) in [7, 11) is 0. The normalized spacial score (nSPS) is 13.1. The molecule has 4 aromatic carbocycles. The van der Waals surface area contributed by atoms with Gasteiger partial charge in [-0.2, -0.15) is 0 Å². The van der Waals surface area contributed by atoms with E-state index in [1.807, 2.05) is 60.7 Å². The van der Waals surface area contributed by atoms with E-state index in [-0.39, 0.29) is 18.5 Å². The van der Waals surface area contributed by atoms with Crippen LogP contribution in [0.5, 0.6) is 0 Å². The molecule has 4 rings (SSSR count). The van der Waals surface area contributed by atoms with E-state index in [2.05, 4.69) is 15.9 Å². The number of carbonyl (C=O) groups is 3. The highest BCUT2D eigenvalue weighted by Gasteiger charge is 2.33. The van der Waals surface area contributed by atoms with Crippen LogP contribution in [-0.4, -0.2) is 41.9 Å². The van der Waals surface area contributed by atoms with Gasteiger partial charge in [0.15, 0.2) is 18.6 Å². The Morgan fingerprint density at radius 3 is 1.55 bits per heavy atom. The van der Waals surface area contributed by atoms with E-state index in [0.717, 1.165) is 22.3 Å². The third-order valence-electron chi connectivity index (χ3n) is 5.87. The van der Waals surface area contributed by atoms with Gasteiger partial charge in [0.1, 0.15) is 6.61 Å².